The molecule has 17 heavy (non-hydrogen) atoms. The van der Waals surface area contributed by atoms with E-state index in [9.17, 15) is 0 Å². The predicted molar refractivity (Wildman–Crippen MR) is 73.3 cm³/mol. The summed E-state index contributed by atoms with van der Waals surface area (Å²) >= 11 is 0. The Balaban J connectivity index is 3.08. The van der Waals surface area contributed by atoms with E-state index in [2.05, 4.69) is 49.6 Å². The van der Waals surface area contributed by atoms with Gasteiger partial charge in [-0.1, -0.05) is 27.2 Å². The molecule has 0 fully saturated rings. The first-order valence-electron chi connectivity index (χ1n) is 6.32. The Morgan fingerprint density at radius 1 is 1.29 bits per heavy atom. The van der Waals surface area contributed by atoms with Crippen molar-refractivity contribution in [3.63, 3.8) is 0 Å². The number of nitrogen functional groups attached to an aromatic ring is 1. The quantitative estimate of drug-likeness (QED) is 0.854. The normalized spacial score (nSPS) is 12.8. The smallest absolute Gasteiger partial charge is 0.137 e. The first-order valence-corrected chi connectivity index (χ1v) is 6.32. The van der Waals surface area contributed by atoms with Crippen LogP contribution in [-0.4, -0.2) is 23.1 Å². The Bertz CT molecular complexity index is 362. The van der Waals surface area contributed by atoms with Gasteiger partial charge in [0.1, 0.15) is 18.0 Å². The monoisotopic (exact) mass is 236 g/mol. The minimum Gasteiger partial charge on any atom is -0.383 e. The number of nitrogens with zero attached hydrogens (tertiary/aromatic N) is 3. The molecule has 4 heteroatoms. The summed E-state index contributed by atoms with van der Waals surface area (Å²) in [6, 6.07) is 0.465. The van der Waals surface area contributed by atoms with Gasteiger partial charge in [0.15, 0.2) is 0 Å². The first kappa shape index (κ1) is 13.7. The van der Waals surface area contributed by atoms with E-state index in [0.717, 1.165) is 17.8 Å². The molecule has 1 atom stereocenters. The van der Waals surface area contributed by atoms with Gasteiger partial charge in [-0.15, -0.1) is 0 Å². The Hall–Kier alpha value is -1.32. The molecule has 2 N–H and O–H groups in total. The van der Waals surface area contributed by atoms with E-state index in [-0.39, 0.29) is 0 Å². The second kappa shape index (κ2) is 5.84. The van der Waals surface area contributed by atoms with Crippen molar-refractivity contribution in [1.29, 1.82) is 0 Å². The molecule has 0 aromatic carbocycles. The number of nitrogens with two attached hydrogens (primary N) is 1. The lowest BCUT2D eigenvalue weighted by molar-refractivity contribution is 0.606. The highest BCUT2D eigenvalue weighted by Gasteiger charge is 2.19. The zero-order chi connectivity index (χ0) is 13.0. The van der Waals surface area contributed by atoms with E-state index in [1.807, 2.05) is 0 Å². The standard InChI is InChI=1S/C13H24N4/c1-6-7-10(4)17(5)13-11(9(2)3)12(14)15-8-16-13/h8-10H,6-7H2,1-5H3,(H2,14,15,16). The summed E-state index contributed by atoms with van der Waals surface area (Å²) < 4.78 is 0. The van der Waals surface area contributed by atoms with Crippen LogP contribution < -0.4 is 10.6 Å². The highest BCUT2D eigenvalue weighted by molar-refractivity contribution is 5.58. The molecular weight excluding hydrogens is 212 g/mol. The van der Waals surface area contributed by atoms with Gasteiger partial charge in [-0.3, -0.25) is 0 Å². The lowest BCUT2D eigenvalue weighted by Crippen LogP contribution is -2.31. The highest BCUT2D eigenvalue weighted by Crippen LogP contribution is 2.29. The van der Waals surface area contributed by atoms with Crippen molar-refractivity contribution in [2.24, 2.45) is 0 Å². The molecule has 1 heterocycles. The molecule has 0 spiro atoms. The van der Waals surface area contributed by atoms with Crippen LogP contribution in [0.2, 0.25) is 0 Å². The summed E-state index contributed by atoms with van der Waals surface area (Å²) in [6.45, 7) is 8.65. The summed E-state index contributed by atoms with van der Waals surface area (Å²) in [5, 5.41) is 0. The van der Waals surface area contributed by atoms with Crippen LogP contribution in [-0.2, 0) is 0 Å². The molecule has 1 unspecified atom stereocenters. The highest BCUT2D eigenvalue weighted by atomic mass is 15.2. The molecule has 0 amide bonds. The second-order valence-electron chi connectivity index (χ2n) is 4.90. The molecular formula is C13H24N4. The van der Waals surface area contributed by atoms with Crippen LogP contribution >= 0.6 is 0 Å². The van der Waals surface area contributed by atoms with Gasteiger partial charge >= 0.3 is 0 Å². The van der Waals surface area contributed by atoms with E-state index < -0.39 is 0 Å². The van der Waals surface area contributed by atoms with E-state index in [0.29, 0.717) is 17.8 Å². The molecule has 0 radical (unpaired) electrons. The Morgan fingerprint density at radius 2 is 1.94 bits per heavy atom. The van der Waals surface area contributed by atoms with E-state index in [1.54, 1.807) is 6.33 Å². The van der Waals surface area contributed by atoms with Gasteiger partial charge in [-0.05, 0) is 19.3 Å². The van der Waals surface area contributed by atoms with Crippen molar-refractivity contribution in [2.45, 2.75) is 52.5 Å². The number of hydrogen-bond donors (Lipinski definition) is 1. The van der Waals surface area contributed by atoms with E-state index >= 15 is 0 Å². The van der Waals surface area contributed by atoms with E-state index in [4.69, 9.17) is 5.73 Å². The molecule has 1 aromatic heterocycles. The van der Waals surface area contributed by atoms with Crippen LogP contribution in [0.3, 0.4) is 0 Å². The van der Waals surface area contributed by atoms with Crippen LogP contribution in [0, 0.1) is 0 Å². The van der Waals surface area contributed by atoms with Crippen molar-refractivity contribution in [1.82, 2.24) is 9.97 Å². The Labute approximate surface area is 104 Å². The predicted octanol–water partition coefficient (Wildman–Crippen LogP) is 2.81. The average molecular weight is 236 g/mol. The lowest BCUT2D eigenvalue weighted by atomic mass is 10.0. The zero-order valence-electron chi connectivity index (χ0n) is 11.6. The van der Waals surface area contributed by atoms with Crippen LogP contribution in [0.25, 0.3) is 0 Å². The first-order chi connectivity index (χ1) is 7.99. The largest absolute Gasteiger partial charge is 0.383 e. The third-order valence-corrected chi connectivity index (χ3v) is 3.17. The molecule has 96 valence electrons. The minimum absolute atomic E-state index is 0.336. The van der Waals surface area contributed by atoms with Crippen molar-refractivity contribution in [3.05, 3.63) is 11.9 Å². The molecule has 0 aliphatic heterocycles. The van der Waals surface area contributed by atoms with Gasteiger partial charge < -0.3 is 10.6 Å². The third-order valence-electron chi connectivity index (χ3n) is 3.17. The Morgan fingerprint density at radius 3 is 2.47 bits per heavy atom. The fraction of sp³-hybridized carbons (Fsp3) is 0.692. The number of anilines is 2. The third kappa shape index (κ3) is 3.08. The lowest BCUT2D eigenvalue weighted by Gasteiger charge is -2.28. The maximum atomic E-state index is 5.96. The van der Waals surface area contributed by atoms with Gasteiger partial charge in [0, 0.05) is 18.7 Å². The molecule has 4 nitrogen and oxygen atoms in total. The van der Waals surface area contributed by atoms with Gasteiger partial charge in [0.25, 0.3) is 0 Å². The van der Waals surface area contributed by atoms with Gasteiger partial charge in [-0.25, -0.2) is 9.97 Å². The number of aromatic nitrogens is 2. The number of hydrogen-bond acceptors (Lipinski definition) is 4. The van der Waals surface area contributed by atoms with Gasteiger partial charge in [0.2, 0.25) is 0 Å². The SMILES string of the molecule is CCCC(C)N(C)c1ncnc(N)c1C(C)C. The van der Waals surface area contributed by atoms with Crippen LogP contribution in [0.4, 0.5) is 11.6 Å². The molecule has 0 saturated carbocycles. The summed E-state index contributed by atoms with van der Waals surface area (Å²) in [6.07, 6.45) is 3.87. The number of rotatable bonds is 5. The average Bonchev–Trinajstić information content (AvgIpc) is 2.27. The maximum absolute atomic E-state index is 5.96. The van der Waals surface area contributed by atoms with Crippen LogP contribution in [0.5, 0.6) is 0 Å². The van der Waals surface area contributed by atoms with Gasteiger partial charge in [-0.2, -0.15) is 0 Å². The summed E-state index contributed by atoms with van der Waals surface area (Å²) in [5.74, 6) is 1.90. The molecule has 1 aromatic rings. The van der Waals surface area contributed by atoms with Crippen molar-refractivity contribution >= 4 is 11.6 Å². The molecule has 0 bridgehead atoms. The summed E-state index contributed by atoms with van der Waals surface area (Å²) in [4.78, 5) is 10.7. The van der Waals surface area contributed by atoms with Crippen molar-refractivity contribution in [2.75, 3.05) is 17.7 Å². The topological polar surface area (TPSA) is 55.0 Å². The second-order valence-corrected chi connectivity index (χ2v) is 4.90. The maximum Gasteiger partial charge on any atom is 0.137 e. The Kier molecular flexibility index (Phi) is 4.73. The zero-order valence-corrected chi connectivity index (χ0v) is 11.6. The molecule has 0 saturated heterocycles. The molecule has 1 rings (SSSR count). The minimum atomic E-state index is 0.336. The van der Waals surface area contributed by atoms with Crippen LogP contribution in [0.1, 0.15) is 52.0 Å². The van der Waals surface area contributed by atoms with Crippen molar-refractivity contribution in [3.8, 4) is 0 Å². The molecule has 0 aliphatic carbocycles. The fourth-order valence-corrected chi connectivity index (χ4v) is 2.05. The summed E-state index contributed by atoms with van der Waals surface area (Å²) in [5.41, 5.74) is 7.01. The van der Waals surface area contributed by atoms with Gasteiger partial charge in [0.05, 0.1) is 0 Å². The summed E-state index contributed by atoms with van der Waals surface area (Å²) in [7, 11) is 2.08. The fourth-order valence-electron chi connectivity index (χ4n) is 2.05. The van der Waals surface area contributed by atoms with Crippen LogP contribution in [0.15, 0.2) is 6.33 Å². The van der Waals surface area contributed by atoms with E-state index in [1.165, 1.54) is 6.42 Å². The molecule has 0 aliphatic rings. The van der Waals surface area contributed by atoms with Crippen molar-refractivity contribution < 1.29 is 0 Å².